The first-order valence-electron chi connectivity index (χ1n) is 14.4. The number of hydrogen-bond donors (Lipinski definition) is 2. The van der Waals surface area contributed by atoms with Crippen LogP contribution in [0.4, 0.5) is 5.69 Å². The number of thiazole rings is 1. The number of hydrogen-bond acceptors (Lipinski definition) is 7. The highest BCUT2D eigenvalue weighted by Crippen LogP contribution is 2.50. The van der Waals surface area contributed by atoms with E-state index in [0.717, 1.165) is 49.3 Å². The van der Waals surface area contributed by atoms with Crippen molar-refractivity contribution in [3.8, 4) is 0 Å². The molecule has 8 nitrogen and oxygen atoms in total. The molecule has 5 rings (SSSR count). The number of rotatable bonds is 10. The monoisotopic (exact) mass is 729 g/mol. The first-order chi connectivity index (χ1) is 21.0. The van der Waals surface area contributed by atoms with E-state index in [4.69, 9.17) is 23.2 Å². The largest absolute Gasteiger partial charge is 0.335 e. The molecule has 0 saturated carbocycles. The number of nitrogens with zero attached hydrogens (tertiary/aromatic N) is 2. The smallest absolute Gasteiger partial charge is 0.265 e. The van der Waals surface area contributed by atoms with Crippen LogP contribution >= 0.6 is 46.3 Å². The molecule has 14 heteroatoms. The number of benzene rings is 2. The van der Waals surface area contributed by atoms with Crippen molar-refractivity contribution in [1.29, 1.82) is 0 Å². The predicted octanol–water partition coefficient (Wildman–Crippen LogP) is 8.03. The second-order valence-electron chi connectivity index (χ2n) is 12.2. The molecule has 1 aliphatic heterocycles. The van der Waals surface area contributed by atoms with E-state index in [2.05, 4.69) is 42.4 Å². The van der Waals surface area contributed by atoms with Gasteiger partial charge < -0.3 is 4.90 Å². The van der Waals surface area contributed by atoms with Crippen molar-refractivity contribution in [2.24, 2.45) is 5.41 Å². The normalized spacial score (nSPS) is 18.9. The van der Waals surface area contributed by atoms with Crippen LogP contribution in [0.2, 0.25) is 10.0 Å². The third kappa shape index (κ3) is 8.72. The maximum atomic E-state index is 11.4. The molecular weight excluding hydrogens is 696 g/mol. The van der Waals surface area contributed by atoms with Crippen LogP contribution in [0.15, 0.2) is 69.1 Å². The Labute approximate surface area is 282 Å². The van der Waals surface area contributed by atoms with Crippen LogP contribution in [-0.2, 0) is 26.8 Å². The van der Waals surface area contributed by atoms with E-state index < -0.39 is 20.2 Å². The van der Waals surface area contributed by atoms with E-state index in [-0.39, 0.29) is 29.8 Å². The van der Waals surface area contributed by atoms with Crippen molar-refractivity contribution in [3.05, 3.63) is 79.3 Å². The van der Waals surface area contributed by atoms with E-state index in [9.17, 15) is 25.9 Å². The molecule has 2 aromatic carbocycles. The molecule has 2 heterocycles. The van der Waals surface area contributed by atoms with Gasteiger partial charge >= 0.3 is 0 Å². The molecule has 0 unspecified atom stereocenters. The van der Waals surface area contributed by atoms with Gasteiger partial charge in [-0.15, -0.1) is 0 Å². The van der Waals surface area contributed by atoms with Crippen LogP contribution in [0.5, 0.6) is 0 Å². The summed E-state index contributed by atoms with van der Waals surface area (Å²) in [4.78, 5) is 3.10. The lowest BCUT2D eigenvalue weighted by atomic mass is 9.72. The van der Waals surface area contributed by atoms with Gasteiger partial charge in [0, 0.05) is 40.0 Å². The highest BCUT2D eigenvalue weighted by molar-refractivity contribution is 8.03. The van der Waals surface area contributed by atoms with Crippen molar-refractivity contribution in [2.75, 3.05) is 23.0 Å². The summed E-state index contributed by atoms with van der Waals surface area (Å²) in [7, 11) is -8.17. The zero-order valence-corrected chi connectivity index (χ0v) is 29.9. The first kappa shape index (κ1) is 34.4. The number of fused-ring (bicyclic) bond motifs is 2. The zero-order chi connectivity index (χ0) is 32.7. The Hall–Kier alpha value is -1.90. The molecule has 0 bridgehead atoms. The summed E-state index contributed by atoms with van der Waals surface area (Å²) in [5, 5.41) is 3.10. The van der Waals surface area contributed by atoms with Gasteiger partial charge in [-0.2, -0.15) is 21.4 Å². The van der Waals surface area contributed by atoms with E-state index >= 15 is 0 Å². The summed E-state index contributed by atoms with van der Waals surface area (Å²) in [6.45, 7) is 7.39. The third-order valence-corrected chi connectivity index (χ3v) is 12.2. The molecule has 0 radical (unpaired) electrons. The number of anilines is 1. The third-order valence-electron chi connectivity index (χ3n) is 7.85. The standard InChI is InChI=1S/C31H34Cl2N2O6S4/c1-20-21(14-29-34(10-4-12-44(36,37)38)25-16-23(32)6-8-27(25)42-29)18-31(2,3)19-22(20)15-30-35(11-5-13-45(39,40)41)26-17-24(33)7-9-28(26)43-30/h6-9,14-17H,4-5,10-13,18-19H2,1-3H3,(H-,36,37,38,39,40,41)/p+1. The minimum atomic E-state index is -4.08. The van der Waals surface area contributed by atoms with Gasteiger partial charge in [-0.25, -0.2) is 0 Å². The second-order valence-corrected chi connectivity index (χ2v) is 18.3. The molecule has 45 heavy (non-hydrogen) atoms. The highest BCUT2D eigenvalue weighted by atomic mass is 35.5. The highest BCUT2D eigenvalue weighted by Gasteiger charge is 2.32. The minimum Gasteiger partial charge on any atom is -0.335 e. The first-order valence-corrected chi connectivity index (χ1v) is 20.0. The molecule has 0 saturated heterocycles. The SMILES string of the molecule is CC1=C(C=C2Sc3ccc(Cl)cc3N2CCCS(=O)(=O)O)CC(C)(C)CC1=Cc1sc2ccc(Cl)cc2[n+]1CCCS(=O)(=O)O. The molecule has 0 amide bonds. The molecule has 0 atom stereocenters. The van der Waals surface area contributed by atoms with Crippen molar-refractivity contribution < 1.29 is 30.5 Å². The minimum absolute atomic E-state index is 0.0528. The summed E-state index contributed by atoms with van der Waals surface area (Å²) < 4.78 is 67.5. The van der Waals surface area contributed by atoms with Crippen molar-refractivity contribution >= 4 is 88.5 Å². The van der Waals surface area contributed by atoms with E-state index in [1.54, 1.807) is 23.1 Å². The van der Waals surface area contributed by atoms with Gasteiger partial charge in [0.1, 0.15) is 4.70 Å². The van der Waals surface area contributed by atoms with E-state index in [1.807, 2.05) is 36.4 Å². The maximum absolute atomic E-state index is 11.4. The lowest BCUT2D eigenvalue weighted by Gasteiger charge is -2.33. The van der Waals surface area contributed by atoms with Gasteiger partial charge in [-0.1, -0.05) is 60.1 Å². The number of thioether (sulfide) groups is 1. The Balaban J connectivity index is 1.55. The van der Waals surface area contributed by atoms with Gasteiger partial charge in [-0.05, 0) is 84.7 Å². The van der Waals surface area contributed by atoms with Gasteiger partial charge in [0.25, 0.3) is 25.2 Å². The van der Waals surface area contributed by atoms with Crippen LogP contribution in [0.3, 0.4) is 0 Å². The van der Waals surface area contributed by atoms with Crippen molar-refractivity contribution in [1.82, 2.24) is 0 Å². The molecule has 2 N–H and O–H groups in total. The lowest BCUT2D eigenvalue weighted by Crippen LogP contribution is -2.36. The molecule has 1 aliphatic carbocycles. The van der Waals surface area contributed by atoms with E-state index in [1.165, 1.54) is 11.1 Å². The van der Waals surface area contributed by atoms with Gasteiger partial charge in [-0.3, -0.25) is 9.11 Å². The summed E-state index contributed by atoms with van der Waals surface area (Å²) >= 11 is 15.9. The Morgan fingerprint density at radius 3 is 2.33 bits per heavy atom. The zero-order valence-electron chi connectivity index (χ0n) is 25.1. The summed E-state index contributed by atoms with van der Waals surface area (Å²) in [5.41, 5.74) is 5.25. The summed E-state index contributed by atoms with van der Waals surface area (Å²) in [6, 6.07) is 11.4. The number of aryl methyl sites for hydroxylation is 1. The molecule has 1 aromatic heterocycles. The fraction of sp³-hybridized carbons (Fsp3) is 0.387. The molecular formula is C31H35Cl2N2O6S4+. The maximum Gasteiger partial charge on any atom is 0.265 e. The molecule has 2 aliphatic rings. The Kier molecular flexibility index (Phi) is 10.2. The summed E-state index contributed by atoms with van der Waals surface area (Å²) in [5.74, 6) is -0.660. The topological polar surface area (TPSA) is 116 Å². The number of aromatic nitrogens is 1. The van der Waals surface area contributed by atoms with Gasteiger partial charge in [0.2, 0.25) is 5.52 Å². The predicted molar refractivity (Wildman–Crippen MR) is 186 cm³/mol. The van der Waals surface area contributed by atoms with Crippen LogP contribution in [0.1, 0.15) is 51.5 Å². The van der Waals surface area contributed by atoms with Crippen molar-refractivity contribution in [3.63, 3.8) is 0 Å². The van der Waals surface area contributed by atoms with Crippen LogP contribution in [-0.4, -0.2) is 44.0 Å². The molecule has 0 fully saturated rings. The van der Waals surface area contributed by atoms with Crippen molar-refractivity contribution in [2.45, 2.75) is 57.9 Å². The van der Waals surface area contributed by atoms with Crippen LogP contribution < -0.4 is 9.47 Å². The van der Waals surface area contributed by atoms with Gasteiger partial charge in [0.05, 0.1) is 22.2 Å². The second kappa shape index (κ2) is 13.3. The number of halogens is 2. The molecule has 3 aromatic rings. The summed E-state index contributed by atoms with van der Waals surface area (Å²) in [6.07, 6.45) is 6.55. The Morgan fingerprint density at radius 1 is 0.956 bits per heavy atom. The average molecular weight is 731 g/mol. The fourth-order valence-electron chi connectivity index (χ4n) is 5.82. The quantitative estimate of drug-likeness (QED) is 0.159. The Morgan fingerprint density at radius 2 is 1.62 bits per heavy atom. The Bertz CT molecular complexity index is 1960. The van der Waals surface area contributed by atoms with Gasteiger partial charge in [0.15, 0.2) is 6.54 Å². The molecule has 0 spiro atoms. The molecule has 242 valence electrons. The van der Waals surface area contributed by atoms with E-state index in [0.29, 0.717) is 23.1 Å². The average Bonchev–Trinajstić information content (AvgIpc) is 3.42. The lowest BCUT2D eigenvalue weighted by molar-refractivity contribution is -0.668. The van der Waals surface area contributed by atoms with Crippen LogP contribution in [0.25, 0.3) is 16.3 Å². The fourth-order valence-corrected chi connectivity index (χ4v) is 9.41. The number of allylic oxidation sites excluding steroid dienone is 4. The van der Waals surface area contributed by atoms with Crippen LogP contribution in [0, 0.1) is 5.41 Å².